The fourth-order valence-corrected chi connectivity index (χ4v) is 2.05. The van der Waals surface area contributed by atoms with Crippen LogP contribution in [-0.4, -0.2) is 5.97 Å². The van der Waals surface area contributed by atoms with E-state index >= 15 is 0 Å². The topological polar surface area (TPSA) is 56.8 Å². The van der Waals surface area contributed by atoms with Gasteiger partial charge in [0.25, 0.3) is 0 Å². The molecule has 5 heteroatoms. The third kappa shape index (κ3) is 3.45. The minimum Gasteiger partial charge on any atom is -0.457 e. The number of ether oxygens (including phenoxy) is 2. The van der Waals surface area contributed by atoms with Crippen LogP contribution in [0, 0.1) is 0 Å². The van der Waals surface area contributed by atoms with Crippen LogP contribution in [0.3, 0.4) is 0 Å². The van der Waals surface area contributed by atoms with Crippen molar-refractivity contribution in [2.45, 2.75) is 13.0 Å². The van der Waals surface area contributed by atoms with Crippen molar-refractivity contribution in [3.8, 4) is 11.5 Å². The molecule has 0 aromatic heterocycles. The summed E-state index contributed by atoms with van der Waals surface area (Å²) in [6.45, 7) is 1.34. The zero-order chi connectivity index (χ0) is 15.4. The fourth-order valence-electron chi connectivity index (χ4n) is 2.05. The molecule has 3 rings (SSSR count). The van der Waals surface area contributed by atoms with Crippen molar-refractivity contribution in [1.82, 2.24) is 5.48 Å². The van der Waals surface area contributed by atoms with Crippen molar-refractivity contribution >= 4 is 5.97 Å². The Kier molecular flexibility index (Phi) is 4.07. The minimum absolute atomic E-state index is 0.305. The molecule has 1 N–H and O–H groups in total. The van der Waals surface area contributed by atoms with Crippen LogP contribution in [0.1, 0.15) is 18.6 Å². The van der Waals surface area contributed by atoms with E-state index in [-0.39, 0.29) is 6.10 Å². The third-order valence-electron chi connectivity index (χ3n) is 3.03. The summed E-state index contributed by atoms with van der Waals surface area (Å²) in [4.78, 5) is 16.2. The van der Waals surface area contributed by atoms with Crippen molar-refractivity contribution < 1.29 is 19.1 Å². The lowest BCUT2D eigenvalue weighted by Gasteiger charge is -2.09. The second kappa shape index (κ2) is 6.32. The highest BCUT2D eigenvalue weighted by Gasteiger charge is 2.20. The third-order valence-corrected chi connectivity index (χ3v) is 3.03. The van der Waals surface area contributed by atoms with Crippen molar-refractivity contribution in [3.63, 3.8) is 0 Å². The van der Waals surface area contributed by atoms with Gasteiger partial charge in [-0.1, -0.05) is 30.3 Å². The summed E-state index contributed by atoms with van der Waals surface area (Å²) in [5.74, 6) is 1.44. The number of hydrogen-bond acceptors (Lipinski definition) is 5. The standard InChI is InChI=1S/C17H15NO4/c1-12(19)20-17-11-16(22-18-17)13-7-9-15(10-8-13)21-14-5-3-2-4-6-14/h2-11,16,18H,1H3. The highest BCUT2D eigenvalue weighted by molar-refractivity contribution is 5.67. The van der Waals surface area contributed by atoms with Crippen LogP contribution in [-0.2, 0) is 14.4 Å². The first kappa shape index (κ1) is 14.2. The minimum atomic E-state index is -0.394. The molecule has 1 unspecified atom stereocenters. The molecular weight excluding hydrogens is 282 g/mol. The molecule has 1 atom stereocenters. The van der Waals surface area contributed by atoms with Gasteiger partial charge in [0.05, 0.1) is 0 Å². The smallest absolute Gasteiger partial charge is 0.309 e. The Morgan fingerprint density at radius 3 is 2.41 bits per heavy atom. The van der Waals surface area contributed by atoms with Crippen molar-refractivity contribution in [2.24, 2.45) is 0 Å². The molecule has 0 fully saturated rings. The number of hydroxylamine groups is 1. The molecule has 1 aliphatic heterocycles. The van der Waals surface area contributed by atoms with E-state index in [1.54, 1.807) is 6.08 Å². The lowest BCUT2D eigenvalue weighted by molar-refractivity contribution is -0.139. The molecule has 0 saturated heterocycles. The summed E-state index contributed by atoms with van der Waals surface area (Å²) >= 11 is 0. The summed E-state index contributed by atoms with van der Waals surface area (Å²) in [6, 6.07) is 17.1. The molecule has 2 aromatic carbocycles. The first-order chi connectivity index (χ1) is 10.7. The maximum Gasteiger partial charge on any atom is 0.309 e. The van der Waals surface area contributed by atoms with Gasteiger partial charge in [-0.2, -0.15) is 0 Å². The molecule has 0 aliphatic carbocycles. The Bertz CT molecular complexity index is 680. The Balaban J connectivity index is 1.67. The van der Waals surface area contributed by atoms with Gasteiger partial charge in [-0.3, -0.25) is 9.63 Å². The molecule has 0 radical (unpaired) electrons. The van der Waals surface area contributed by atoms with Crippen molar-refractivity contribution in [2.75, 3.05) is 0 Å². The molecule has 2 aromatic rings. The van der Waals surface area contributed by atoms with Gasteiger partial charge in [-0.25, -0.2) is 5.48 Å². The fraction of sp³-hybridized carbons (Fsp3) is 0.118. The SMILES string of the molecule is CC(=O)OC1=CC(c2ccc(Oc3ccccc3)cc2)ON1. The lowest BCUT2D eigenvalue weighted by atomic mass is 10.1. The van der Waals surface area contributed by atoms with Crippen LogP contribution < -0.4 is 10.2 Å². The summed E-state index contributed by atoms with van der Waals surface area (Å²) in [5.41, 5.74) is 3.50. The number of rotatable bonds is 4. The second-order valence-electron chi connectivity index (χ2n) is 4.75. The predicted molar refractivity (Wildman–Crippen MR) is 79.8 cm³/mol. The molecule has 5 nitrogen and oxygen atoms in total. The van der Waals surface area contributed by atoms with Crippen LogP contribution in [0.15, 0.2) is 66.6 Å². The molecule has 112 valence electrons. The van der Waals surface area contributed by atoms with Gasteiger partial charge in [0.2, 0.25) is 5.88 Å². The average Bonchev–Trinajstić information content (AvgIpc) is 2.97. The zero-order valence-electron chi connectivity index (χ0n) is 12.0. The quantitative estimate of drug-likeness (QED) is 0.876. The molecule has 0 bridgehead atoms. The number of benzene rings is 2. The lowest BCUT2D eigenvalue weighted by Crippen LogP contribution is -2.12. The van der Waals surface area contributed by atoms with Crippen LogP contribution in [0.5, 0.6) is 11.5 Å². The van der Waals surface area contributed by atoms with Gasteiger partial charge < -0.3 is 9.47 Å². The van der Waals surface area contributed by atoms with E-state index < -0.39 is 5.97 Å². The van der Waals surface area contributed by atoms with Crippen LogP contribution >= 0.6 is 0 Å². The normalized spacial score (nSPS) is 16.6. The molecule has 1 aliphatic rings. The van der Waals surface area contributed by atoms with Gasteiger partial charge in [0.1, 0.15) is 17.6 Å². The Morgan fingerprint density at radius 2 is 1.73 bits per heavy atom. The molecule has 0 saturated carbocycles. The zero-order valence-corrected chi connectivity index (χ0v) is 12.0. The van der Waals surface area contributed by atoms with Gasteiger partial charge in [-0.15, -0.1) is 0 Å². The number of carbonyl (C=O) groups is 1. The molecule has 22 heavy (non-hydrogen) atoms. The maximum atomic E-state index is 10.9. The van der Waals surface area contributed by atoms with Gasteiger partial charge in [0.15, 0.2) is 0 Å². The van der Waals surface area contributed by atoms with E-state index in [1.165, 1.54) is 6.92 Å². The molecule has 0 amide bonds. The van der Waals surface area contributed by atoms with Gasteiger partial charge in [0, 0.05) is 13.0 Å². The first-order valence-electron chi connectivity index (χ1n) is 6.85. The number of nitrogens with one attached hydrogen (secondary N) is 1. The number of carbonyl (C=O) groups excluding carboxylic acids is 1. The first-order valence-corrected chi connectivity index (χ1v) is 6.85. The Labute approximate surface area is 128 Å². The number of esters is 1. The molecular formula is C17H15NO4. The largest absolute Gasteiger partial charge is 0.457 e. The average molecular weight is 297 g/mol. The summed E-state index contributed by atoms with van der Waals surface area (Å²) in [5, 5.41) is 0. The van der Waals surface area contributed by atoms with E-state index in [0.717, 1.165) is 17.1 Å². The van der Waals surface area contributed by atoms with E-state index in [1.807, 2.05) is 54.6 Å². The van der Waals surface area contributed by atoms with E-state index in [9.17, 15) is 4.79 Å². The molecule has 1 heterocycles. The van der Waals surface area contributed by atoms with Gasteiger partial charge in [-0.05, 0) is 29.8 Å². The van der Waals surface area contributed by atoms with Crippen LogP contribution in [0.4, 0.5) is 0 Å². The van der Waals surface area contributed by atoms with E-state index in [4.69, 9.17) is 14.3 Å². The van der Waals surface area contributed by atoms with E-state index in [0.29, 0.717) is 5.88 Å². The predicted octanol–water partition coefficient (Wildman–Crippen LogP) is 3.46. The number of hydrogen-bond donors (Lipinski definition) is 1. The van der Waals surface area contributed by atoms with E-state index in [2.05, 4.69) is 5.48 Å². The second-order valence-corrected chi connectivity index (χ2v) is 4.75. The maximum absolute atomic E-state index is 10.9. The van der Waals surface area contributed by atoms with Crippen LogP contribution in [0.2, 0.25) is 0 Å². The number of para-hydroxylation sites is 1. The van der Waals surface area contributed by atoms with Crippen molar-refractivity contribution in [3.05, 3.63) is 72.1 Å². The summed E-state index contributed by atoms with van der Waals surface area (Å²) < 4.78 is 10.7. The summed E-state index contributed by atoms with van der Waals surface area (Å²) in [7, 11) is 0. The van der Waals surface area contributed by atoms with Crippen molar-refractivity contribution in [1.29, 1.82) is 0 Å². The monoisotopic (exact) mass is 297 g/mol. The van der Waals surface area contributed by atoms with Crippen LogP contribution in [0.25, 0.3) is 0 Å². The highest BCUT2D eigenvalue weighted by Crippen LogP contribution is 2.27. The Morgan fingerprint density at radius 1 is 1.05 bits per heavy atom. The highest BCUT2D eigenvalue weighted by atomic mass is 16.7. The van der Waals surface area contributed by atoms with Gasteiger partial charge >= 0.3 is 5.97 Å². The summed E-state index contributed by atoms with van der Waals surface area (Å²) in [6.07, 6.45) is 1.40. The Hall–Kier alpha value is -2.79. The molecule has 0 spiro atoms.